The predicted octanol–water partition coefficient (Wildman–Crippen LogP) is 7.63. The smallest absolute Gasteiger partial charge is 0.335 e. The van der Waals surface area contributed by atoms with Gasteiger partial charge in [-0.1, -0.05) is 71.7 Å². The number of hydrogen-bond donors (Lipinski definition) is 1. The van der Waals surface area contributed by atoms with Gasteiger partial charge in [0.2, 0.25) is 5.91 Å². The first kappa shape index (κ1) is 29.4. The number of aryl methyl sites for hydroxylation is 1. The number of nitrogens with zero attached hydrogens (tertiary/aromatic N) is 2. The molecular formula is C35H46N2O4. The molecule has 0 spiro atoms. The van der Waals surface area contributed by atoms with Gasteiger partial charge in [-0.15, -0.1) is 0 Å². The van der Waals surface area contributed by atoms with E-state index in [0.29, 0.717) is 44.3 Å². The molecule has 6 rings (SSSR count). The second-order valence-electron chi connectivity index (χ2n) is 11.8. The molecule has 3 aliphatic rings. The Labute approximate surface area is 244 Å². The van der Waals surface area contributed by atoms with E-state index in [4.69, 9.17) is 4.74 Å². The van der Waals surface area contributed by atoms with Gasteiger partial charge in [0.05, 0.1) is 29.9 Å². The third kappa shape index (κ3) is 4.98. The fraction of sp³-hybridized carbons (Fsp3) is 0.543. The number of carboxylic acids is 1. The van der Waals surface area contributed by atoms with Gasteiger partial charge in [0.1, 0.15) is 0 Å². The van der Waals surface area contributed by atoms with Gasteiger partial charge in [-0.2, -0.15) is 0 Å². The lowest BCUT2D eigenvalue weighted by atomic mass is 9.85. The number of hydrogen-bond acceptors (Lipinski definition) is 3. The molecule has 2 fully saturated rings. The van der Waals surface area contributed by atoms with Gasteiger partial charge in [-0.25, -0.2) is 4.79 Å². The fourth-order valence-electron chi connectivity index (χ4n) is 7.40. The highest BCUT2D eigenvalue weighted by Crippen LogP contribution is 2.66. The molecule has 1 N–H and O–H groups in total. The van der Waals surface area contributed by atoms with Crippen LogP contribution in [-0.2, 0) is 22.5 Å². The minimum absolute atomic E-state index is 0.176. The summed E-state index contributed by atoms with van der Waals surface area (Å²) in [5.41, 5.74) is 7.11. The maximum absolute atomic E-state index is 14.3. The summed E-state index contributed by atoms with van der Waals surface area (Å²) >= 11 is 0. The van der Waals surface area contributed by atoms with Crippen LogP contribution in [-0.4, -0.2) is 52.8 Å². The van der Waals surface area contributed by atoms with Crippen LogP contribution < -0.4 is 0 Å². The topological polar surface area (TPSA) is 71.8 Å². The fourth-order valence-corrected chi connectivity index (χ4v) is 7.40. The van der Waals surface area contributed by atoms with Gasteiger partial charge in [-0.05, 0) is 60.4 Å². The Morgan fingerprint density at radius 3 is 2.37 bits per heavy atom. The van der Waals surface area contributed by atoms with E-state index in [2.05, 4.69) is 43.5 Å². The van der Waals surface area contributed by atoms with Gasteiger partial charge in [0.25, 0.3) is 0 Å². The minimum atomic E-state index is -0.919. The maximum Gasteiger partial charge on any atom is 0.335 e. The standard InChI is InChI=1S/C33H40N2O4.C2H6/c1-4-7-22(8-5-2)29-25-12-10-23(31(36)37)18-28(25)35-20-33(32(38)34-13-15-39-16-14-34)19-27(33)26-17-21(6-3)9-11-24(26)30(29)35;1-2/h9-12,17-18,22,27H,4-8,13-16,19-20H2,1-3H3,(H,36,37);1-2H3. The Balaban J connectivity index is 0.00000165. The summed E-state index contributed by atoms with van der Waals surface area (Å²) in [7, 11) is 0. The first-order chi connectivity index (χ1) is 19.9. The third-order valence-corrected chi connectivity index (χ3v) is 9.43. The van der Waals surface area contributed by atoms with E-state index in [1.165, 1.54) is 27.9 Å². The van der Waals surface area contributed by atoms with Crippen LogP contribution in [0.3, 0.4) is 0 Å². The van der Waals surface area contributed by atoms with E-state index >= 15 is 0 Å². The number of amides is 1. The summed E-state index contributed by atoms with van der Waals surface area (Å²) < 4.78 is 7.90. The highest BCUT2D eigenvalue weighted by molar-refractivity contribution is 6.00. The van der Waals surface area contributed by atoms with Crippen LogP contribution in [0.1, 0.15) is 106 Å². The van der Waals surface area contributed by atoms with Gasteiger partial charge in [0, 0.05) is 42.0 Å². The zero-order chi connectivity index (χ0) is 29.3. The molecule has 2 unspecified atom stereocenters. The Morgan fingerprint density at radius 1 is 1.02 bits per heavy atom. The second kappa shape index (κ2) is 12.0. The molecule has 0 radical (unpaired) electrons. The zero-order valence-electron chi connectivity index (χ0n) is 25.5. The normalized spacial score (nSPS) is 20.9. The van der Waals surface area contributed by atoms with Gasteiger partial charge in [0.15, 0.2) is 0 Å². The number of ether oxygens (including phenoxy) is 1. The zero-order valence-corrected chi connectivity index (χ0v) is 25.5. The molecule has 3 heterocycles. The lowest BCUT2D eigenvalue weighted by Gasteiger charge is -2.31. The number of morpholine rings is 1. The third-order valence-electron chi connectivity index (χ3n) is 9.43. The van der Waals surface area contributed by atoms with Gasteiger partial charge in [-0.3, -0.25) is 4.79 Å². The maximum atomic E-state index is 14.3. The summed E-state index contributed by atoms with van der Waals surface area (Å²) in [6.45, 7) is 13.7. The van der Waals surface area contributed by atoms with Crippen LogP contribution in [0, 0.1) is 5.41 Å². The Bertz CT molecular complexity index is 1430. The lowest BCUT2D eigenvalue weighted by molar-refractivity contribution is -0.141. The minimum Gasteiger partial charge on any atom is -0.478 e. The summed E-state index contributed by atoms with van der Waals surface area (Å²) in [4.78, 5) is 28.3. The van der Waals surface area contributed by atoms with Gasteiger partial charge < -0.3 is 19.3 Å². The molecule has 2 aromatic carbocycles. The van der Waals surface area contributed by atoms with E-state index in [1.807, 2.05) is 30.9 Å². The Morgan fingerprint density at radius 2 is 1.73 bits per heavy atom. The van der Waals surface area contributed by atoms with Crippen molar-refractivity contribution in [2.45, 2.75) is 91.5 Å². The molecule has 1 saturated carbocycles. The number of benzene rings is 2. The number of carboxylic acid groups (broad SMARTS) is 1. The molecule has 41 heavy (non-hydrogen) atoms. The average molecular weight is 559 g/mol. The van der Waals surface area contributed by atoms with Gasteiger partial charge >= 0.3 is 5.97 Å². The summed E-state index contributed by atoms with van der Waals surface area (Å²) in [5.74, 6) is -0.130. The van der Waals surface area contributed by atoms with Crippen molar-refractivity contribution in [1.82, 2.24) is 9.47 Å². The number of aromatic carboxylic acids is 1. The van der Waals surface area contributed by atoms with Crippen molar-refractivity contribution >= 4 is 22.8 Å². The van der Waals surface area contributed by atoms with Crippen LogP contribution in [0.5, 0.6) is 0 Å². The molecule has 1 saturated heterocycles. The number of rotatable bonds is 8. The predicted molar refractivity (Wildman–Crippen MR) is 165 cm³/mol. The highest BCUT2D eigenvalue weighted by atomic mass is 16.5. The SMILES string of the molecule is CC.CCCC(CCC)c1c2n(c3cc(C(=O)O)ccc13)CC1(C(=O)N3CCOCC3)CC1c1cc(CC)ccc1-2. The van der Waals surface area contributed by atoms with E-state index in [1.54, 1.807) is 6.07 Å². The van der Waals surface area contributed by atoms with Crippen molar-refractivity contribution in [2.75, 3.05) is 26.3 Å². The summed E-state index contributed by atoms with van der Waals surface area (Å²) in [6, 6.07) is 12.5. The second-order valence-corrected chi connectivity index (χ2v) is 11.8. The van der Waals surface area contributed by atoms with E-state index in [9.17, 15) is 14.7 Å². The summed E-state index contributed by atoms with van der Waals surface area (Å²) in [6.07, 6.45) is 6.15. The summed E-state index contributed by atoms with van der Waals surface area (Å²) in [5, 5.41) is 11.0. The molecule has 0 bridgehead atoms. The van der Waals surface area contributed by atoms with E-state index in [-0.39, 0.29) is 11.8 Å². The first-order valence-electron chi connectivity index (χ1n) is 15.8. The monoisotopic (exact) mass is 558 g/mol. The number of carbonyl (C=O) groups excluding carboxylic acids is 1. The number of fused-ring (bicyclic) bond motifs is 7. The first-order valence-corrected chi connectivity index (χ1v) is 15.8. The largest absolute Gasteiger partial charge is 0.478 e. The molecule has 3 aromatic rings. The van der Waals surface area contributed by atoms with Crippen molar-refractivity contribution in [3.05, 3.63) is 58.7 Å². The van der Waals surface area contributed by atoms with Crippen molar-refractivity contribution in [2.24, 2.45) is 5.41 Å². The molecule has 6 nitrogen and oxygen atoms in total. The molecule has 2 atom stereocenters. The molecule has 1 aromatic heterocycles. The highest BCUT2D eigenvalue weighted by Gasteiger charge is 2.63. The van der Waals surface area contributed by atoms with Crippen molar-refractivity contribution < 1.29 is 19.4 Å². The van der Waals surface area contributed by atoms with E-state index in [0.717, 1.165) is 49.4 Å². The van der Waals surface area contributed by atoms with Crippen LogP contribution in [0.2, 0.25) is 0 Å². The van der Waals surface area contributed by atoms with Crippen molar-refractivity contribution in [3.63, 3.8) is 0 Å². The number of carbonyl (C=O) groups is 2. The molecule has 6 heteroatoms. The van der Waals surface area contributed by atoms with E-state index < -0.39 is 11.4 Å². The Hall–Kier alpha value is -3.12. The van der Waals surface area contributed by atoms with Crippen molar-refractivity contribution in [1.29, 1.82) is 0 Å². The Kier molecular flexibility index (Phi) is 8.60. The van der Waals surface area contributed by atoms with Crippen LogP contribution in [0.15, 0.2) is 36.4 Å². The van der Waals surface area contributed by atoms with Crippen LogP contribution in [0.4, 0.5) is 0 Å². The molecular weight excluding hydrogens is 512 g/mol. The molecule has 1 aliphatic carbocycles. The molecule has 2 aliphatic heterocycles. The quantitative estimate of drug-likeness (QED) is 0.309. The van der Waals surface area contributed by atoms with Crippen molar-refractivity contribution in [3.8, 4) is 11.3 Å². The number of aromatic nitrogens is 1. The van der Waals surface area contributed by atoms with Crippen LogP contribution >= 0.6 is 0 Å². The van der Waals surface area contributed by atoms with Crippen LogP contribution in [0.25, 0.3) is 22.2 Å². The lowest BCUT2D eigenvalue weighted by Crippen LogP contribution is -2.45. The molecule has 220 valence electrons. The average Bonchev–Trinajstić information content (AvgIpc) is 3.68. The molecule has 1 amide bonds.